The van der Waals surface area contributed by atoms with Crippen molar-refractivity contribution in [2.45, 2.75) is 12.3 Å². The SMILES string of the molecule is [O-][n+]1cc(C2CCOC2)cc2c(Br)cc(Cl)cc21. The van der Waals surface area contributed by atoms with Gasteiger partial charge in [-0.1, -0.05) is 11.6 Å². The lowest BCUT2D eigenvalue weighted by molar-refractivity contribution is -0.577. The van der Waals surface area contributed by atoms with Crippen LogP contribution >= 0.6 is 27.5 Å². The third-order valence-electron chi connectivity index (χ3n) is 3.29. The Morgan fingerprint density at radius 3 is 2.94 bits per heavy atom. The van der Waals surface area contributed by atoms with Gasteiger partial charge in [-0.3, -0.25) is 0 Å². The van der Waals surface area contributed by atoms with Gasteiger partial charge in [0.05, 0.1) is 12.0 Å². The second kappa shape index (κ2) is 4.68. The molecular formula is C13H11BrClNO2. The van der Waals surface area contributed by atoms with E-state index in [0.717, 1.165) is 33.2 Å². The summed E-state index contributed by atoms with van der Waals surface area (Å²) >= 11 is 9.42. The Morgan fingerprint density at radius 1 is 1.39 bits per heavy atom. The van der Waals surface area contributed by atoms with E-state index in [0.29, 0.717) is 23.1 Å². The van der Waals surface area contributed by atoms with Gasteiger partial charge in [-0.2, -0.15) is 4.73 Å². The molecule has 3 rings (SSSR count). The van der Waals surface area contributed by atoms with E-state index in [-0.39, 0.29) is 0 Å². The molecule has 1 unspecified atom stereocenters. The van der Waals surface area contributed by atoms with Gasteiger partial charge < -0.3 is 9.94 Å². The van der Waals surface area contributed by atoms with E-state index in [1.807, 2.05) is 6.07 Å². The van der Waals surface area contributed by atoms with Crippen molar-refractivity contribution in [3.63, 3.8) is 0 Å². The van der Waals surface area contributed by atoms with Crippen LogP contribution in [0.25, 0.3) is 10.9 Å². The highest BCUT2D eigenvalue weighted by atomic mass is 79.9. The molecule has 1 aromatic heterocycles. The van der Waals surface area contributed by atoms with Crippen molar-refractivity contribution in [2.75, 3.05) is 13.2 Å². The first-order valence-electron chi connectivity index (χ1n) is 5.75. The predicted octanol–water partition coefficient (Wildman–Crippen LogP) is 3.39. The molecule has 0 bridgehead atoms. The first-order valence-corrected chi connectivity index (χ1v) is 6.92. The maximum absolute atomic E-state index is 12.1. The minimum absolute atomic E-state index is 0.317. The number of hydrogen-bond acceptors (Lipinski definition) is 2. The van der Waals surface area contributed by atoms with Crippen molar-refractivity contribution < 1.29 is 9.47 Å². The van der Waals surface area contributed by atoms with Crippen LogP contribution in [0.15, 0.2) is 28.9 Å². The first kappa shape index (κ1) is 12.2. The third kappa shape index (κ3) is 2.09. The molecule has 0 N–H and O–H groups in total. The van der Waals surface area contributed by atoms with Crippen LogP contribution in [-0.2, 0) is 4.74 Å². The molecule has 1 saturated heterocycles. The highest BCUT2D eigenvalue weighted by Gasteiger charge is 2.22. The van der Waals surface area contributed by atoms with Crippen molar-refractivity contribution in [1.82, 2.24) is 0 Å². The lowest BCUT2D eigenvalue weighted by atomic mass is 9.99. The fourth-order valence-electron chi connectivity index (χ4n) is 2.33. The summed E-state index contributed by atoms with van der Waals surface area (Å²) in [6.07, 6.45) is 2.60. The number of fused-ring (bicyclic) bond motifs is 1. The lowest BCUT2D eigenvalue weighted by Gasteiger charge is -2.10. The lowest BCUT2D eigenvalue weighted by Crippen LogP contribution is -2.28. The summed E-state index contributed by atoms with van der Waals surface area (Å²) < 4.78 is 7.10. The molecule has 3 nitrogen and oxygen atoms in total. The highest BCUT2D eigenvalue weighted by Crippen LogP contribution is 2.31. The summed E-state index contributed by atoms with van der Waals surface area (Å²) in [6.45, 7) is 1.46. The molecule has 0 spiro atoms. The summed E-state index contributed by atoms with van der Waals surface area (Å²) in [5, 5.41) is 13.5. The average molecular weight is 329 g/mol. The molecule has 1 aliphatic heterocycles. The Hall–Kier alpha value is -0.840. The van der Waals surface area contributed by atoms with Crippen LogP contribution in [0.1, 0.15) is 17.9 Å². The Morgan fingerprint density at radius 2 is 2.22 bits per heavy atom. The predicted molar refractivity (Wildman–Crippen MR) is 73.8 cm³/mol. The van der Waals surface area contributed by atoms with Crippen molar-refractivity contribution in [3.05, 3.63) is 44.7 Å². The van der Waals surface area contributed by atoms with Gasteiger partial charge in [0.15, 0.2) is 6.20 Å². The number of benzene rings is 1. The van der Waals surface area contributed by atoms with E-state index in [4.69, 9.17) is 16.3 Å². The van der Waals surface area contributed by atoms with Crippen LogP contribution in [0, 0.1) is 5.21 Å². The Labute approximate surface area is 118 Å². The summed E-state index contributed by atoms with van der Waals surface area (Å²) in [7, 11) is 0. The highest BCUT2D eigenvalue weighted by molar-refractivity contribution is 9.10. The zero-order chi connectivity index (χ0) is 12.7. The smallest absolute Gasteiger partial charge is 0.226 e. The van der Waals surface area contributed by atoms with Gasteiger partial charge in [-0.05, 0) is 34.5 Å². The molecule has 5 heteroatoms. The second-order valence-corrected chi connectivity index (χ2v) is 5.77. The minimum atomic E-state index is 0.317. The standard InChI is InChI=1S/C13H11BrClNO2/c14-12-4-10(15)5-13-11(12)3-9(6-16(13)17)8-1-2-18-7-8/h3-6,8H,1-2,7H2. The molecule has 1 atom stereocenters. The van der Waals surface area contributed by atoms with Crippen LogP contribution < -0.4 is 4.73 Å². The molecular weight excluding hydrogens is 318 g/mol. The van der Waals surface area contributed by atoms with E-state index in [9.17, 15) is 5.21 Å². The number of nitrogens with zero attached hydrogens (tertiary/aromatic N) is 1. The number of pyridine rings is 1. The number of ether oxygens (including phenoxy) is 1. The number of aromatic nitrogens is 1. The summed E-state index contributed by atoms with van der Waals surface area (Å²) in [4.78, 5) is 0. The summed E-state index contributed by atoms with van der Waals surface area (Å²) in [6, 6.07) is 5.53. The van der Waals surface area contributed by atoms with Gasteiger partial charge in [0, 0.05) is 33.6 Å². The maximum Gasteiger partial charge on any atom is 0.226 e. The third-order valence-corrected chi connectivity index (χ3v) is 4.16. The van der Waals surface area contributed by atoms with Crippen LogP contribution in [0.3, 0.4) is 0 Å². The largest absolute Gasteiger partial charge is 0.618 e. The fraction of sp³-hybridized carbons (Fsp3) is 0.308. The van der Waals surface area contributed by atoms with Gasteiger partial charge >= 0.3 is 0 Å². The van der Waals surface area contributed by atoms with E-state index >= 15 is 0 Å². The van der Waals surface area contributed by atoms with E-state index in [1.54, 1.807) is 18.3 Å². The Balaban J connectivity index is 2.20. The minimum Gasteiger partial charge on any atom is -0.618 e. The van der Waals surface area contributed by atoms with Crippen molar-refractivity contribution in [3.8, 4) is 0 Å². The molecule has 2 aromatic rings. The van der Waals surface area contributed by atoms with Crippen molar-refractivity contribution in [1.29, 1.82) is 0 Å². The first-order chi connectivity index (χ1) is 8.65. The molecule has 1 fully saturated rings. The molecule has 18 heavy (non-hydrogen) atoms. The Kier molecular flexibility index (Phi) is 3.18. The molecule has 0 radical (unpaired) electrons. The van der Waals surface area contributed by atoms with Crippen LogP contribution in [0.5, 0.6) is 0 Å². The van der Waals surface area contributed by atoms with E-state index in [2.05, 4.69) is 15.9 Å². The zero-order valence-corrected chi connectivity index (χ0v) is 11.9. The molecule has 0 aliphatic carbocycles. The molecule has 94 valence electrons. The van der Waals surface area contributed by atoms with Gasteiger partial charge in [0.2, 0.25) is 5.52 Å². The van der Waals surface area contributed by atoms with Gasteiger partial charge in [0.1, 0.15) is 0 Å². The van der Waals surface area contributed by atoms with Gasteiger partial charge in [-0.15, -0.1) is 0 Å². The summed E-state index contributed by atoms with van der Waals surface area (Å²) in [5.74, 6) is 0.317. The van der Waals surface area contributed by atoms with Crippen LogP contribution in [0.4, 0.5) is 0 Å². The second-order valence-electron chi connectivity index (χ2n) is 4.48. The number of halogens is 2. The van der Waals surface area contributed by atoms with Gasteiger partial charge in [0.25, 0.3) is 0 Å². The normalized spacial score (nSPS) is 19.6. The maximum atomic E-state index is 12.1. The molecule has 1 aliphatic rings. The monoisotopic (exact) mass is 327 g/mol. The van der Waals surface area contributed by atoms with Gasteiger partial charge in [-0.25, -0.2) is 0 Å². The Bertz CT molecular complexity index is 611. The van der Waals surface area contributed by atoms with Crippen molar-refractivity contribution >= 4 is 38.4 Å². The molecule has 0 amide bonds. The topological polar surface area (TPSA) is 36.2 Å². The van der Waals surface area contributed by atoms with Crippen LogP contribution in [-0.4, -0.2) is 13.2 Å². The molecule has 0 saturated carbocycles. The number of hydrogen-bond donors (Lipinski definition) is 0. The molecule has 1 aromatic carbocycles. The average Bonchev–Trinajstić information content (AvgIpc) is 2.83. The zero-order valence-electron chi connectivity index (χ0n) is 9.53. The quantitative estimate of drug-likeness (QED) is 0.594. The van der Waals surface area contributed by atoms with E-state index < -0.39 is 0 Å². The number of rotatable bonds is 1. The van der Waals surface area contributed by atoms with E-state index in [1.165, 1.54) is 0 Å². The molecule has 2 heterocycles. The van der Waals surface area contributed by atoms with Crippen LogP contribution in [0.2, 0.25) is 5.02 Å². The fourth-order valence-corrected chi connectivity index (χ4v) is 3.23. The van der Waals surface area contributed by atoms with Crippen molar-refractivity contribution in [2.24, 2.45) is 0 Å². The summed E-state index contributed by atoms with van der Waals surface area (Å²) in [5.41, 5.74) is 1.61.